The Morgan fingerprint density at radius 2 is 2.14 bits per heavy atom. The lowest BCUT2D eigenvalue weighted by molar-refractivity contribution is -0.148. The van der Waals surface area contributed by atoms with Crippen LogP contribution in [0.2, 0.25) is 0 Å². The highest BCUT2D eigenvalue weighted by molar-refractivity contribution is 5.84. The number of aryl methyl sites for hydroxylation is 2. The monoisotopic (exact) mass is 306 g/mol. The standard InChI is InChI=1S/C16H22N2O4/c1-12-6-4-10-17(15(12)20)9-3-2-8-14(19)18-11-5-7-13(18)16(21)22/h4,6,10,13H,2-3,5,7-9,11H2,1H3,(H,21,22). The maximum atomic E-state index is 12.1. The van der Waals surface area contributed by atoms with Crippen molar-refractivity contribution in [3.63, 3.8) is 0 Å². The second kappa shape index (κ2) is 7.24. The van der Waals surface area contributed by atoms with Crippen molar-refractivity contribution in [3.05, 3.63) is 34.2 Å². The number of carbonyl (C=O) groups is 2. The molecule has 0 aromatic carbocycles. The summed E-state index contributed by atoms with van der Waals surface area (Å²) >= 11 is 0. The van der Waals surface area contributed by atoms with Gasteiger partial charge in [0.15, 0.2) is 0 Å². The Balaban J connectivity index is 1.79. The Labute approximate surface area is 129 Å². The number of rotatable bonds is 6. The Bertz CT molecular complexity index is 608. The summed E-state index contributed by atoms with van der Waals surface area (Å²) < 4.78 is 1.65. The third-order valence-corrected chi connectivity index (χ3v) is 4.11. The minimum atomic E-state index is -0.919. The van der Waals surface area contributed by atoms with Crippen LogP contribution in [0.1, 0.15) is 37.7 Å². The summed E-state index contributed by atoms with van der Waals surface area (Å²) in [5.74, 6) is -1.02. The fourth-order valence-corrected chi connectivity index (χ4v) is 2.86. The van der Waals surface area contributed by atoms with Crippen molar-refractivity contribution >= 4 is 11.9 Å². The summed E-state index contributed by atoms with van der Waals surface area (Å²) in [6, 6.07) is 2.96. The Kier molecular flexibility index (Phi) is 5.35. The molecule has 1 aromatic heterocycles. The van der Waals surface area contributed by atoms with Crippen molar-refractivity contribution in [1.82, 2.24) is 9.47 Å². The number of hydrogen-bond donors (Lipinski definition) is 1. The molecule has 2 rings (SSSR count). The predicted octanol–water partition coefficient (Wildman–Crippen LogP) is 1.40. The van der Waals surface area contributed by atoms with Crippen LogP contribution in [0.15, 0.2) is 23.1 Å². The van der Waals surface area contributed by atoms with Crippen LogP contribution >= 0.6 is 0 Å². The number of hydrogen-bond acceptors (Lipinski definition) is 3. The molecular formula is C16H22N2O4. The molecule has 1 unspecified atom stereocenters. The third-order valence-electron chi connectivity index (χ3n) is 4.11. The number of carbonyl (C=O) groups excluding carboxylic acids is 1. The smallest absolute Gasteiger partial charge is 0.326 e. The lowest BCUT2D eigenvalue weighted by Gasteiger charge is -2.21. The maximum absolute atomic E-state index is 12.1. The highest BCUT2D eigenvalue weighted by Crippen LogP contribution is 2.19. The van der Waals surface area contributed by atoms with E-state index < -0.39 is 12.0 Å². The zero-order valence-electron chi connectivity index (χ0n) is 12.8. The highest BCUT2D eigenvalue weighted by atomic mass is 16.4. The molecule has 1 aliphatic heterocycles. The van der Waals surface area contributed by atoms with Crippen LogP contribution < -0.4 is 5.56 Å². The average Bonchev–Trinajstić information content (AvgIpc) is 2.97. The second-order valence-electron chi connectivity index (χ2n) is 5.73. The van der Waals surface area contributed by atoms with E-state index in [1.54, 1.807) is 23.8 Å². The molecule has 1 saturated heterocycles. The minimum Gasteiger partial charge on any atom is -0.480 e. The van der Waals surface area contributed by atoms with Gasteiger partial charge in [-0.2, -0.15) is 0 Å². The quantitative estimate of drug-likeness (QED) is 0.806. The predicted molar refractivity (Wildman–Crippen MR) is 81.7 cm³/mol. The van der Waals surface area contributed by atoms with Gasteiger partial charge in [0, 0.05) is 31.3 Å². The molecule has 0 saturated carbocycles. The van der Waals surface area contributed by atoms with Crippen molar-refractivity contribution < 1.29 is 14.7 Å². The Morgan fingerprint density at radius 1 is 1.36 bits per heavy atom. The molecule has 1 amide bonds. The molecule has 1 aliphatic rings. The lowest BCUT2D eigenvalue weighted by atomic mass is 10.2. The first-order chi connectivity index (χ1) is 10.5. The summed E-state index contributed by atoms with van der Waals surface area (Å²) in [7, 11) is 0. The van der Waals surface area contributed by atoms with Crippen LogP contribution in [-0.2, 0) is 16.1 Å². The molecule has 0 spiro atoms. The lowest BCUT2D eigenvalue weighted by Crippen LogP contribution is -2.40. The van der Waals surface area contributed by atoms with Crippen molar-refractivity contribution in [2.24, 2.45) is 0 Å². The van der Waals surface area contributed by atoms with Crippen LogP contribution in [0, 0.1) is 6.92 Å². The molecule has 0 radical (unpaired) electrons. The van der Waals surface area contributed by atoms with Gasteiger partial charge >= 0.3 is 5.97 Å². The fraction of sp³-hybridized carbons (Fsp3) is 0.562. The summed E-state index contributed by atoms with van der Waals surface area (Å²) in [4.78, 5) is 36.5. The number of unbranched alkanes of at least 4 members (excludes halogenated alkanes) is 1. The number of aromatic nitrogens is 1. The van der Waals surface area contributed by atoms with Crippen LogP contribution in [0.5, 0.6) is 0 Å². The van der Waals surface area contributed by atoms with E-state index in [4.69, 9.17) is 5.11 Å². The van der Waals surface area contributed by atoms with E-state index in [0.717, 1.165) is 12.8 Å². The molecule has 1 fully saturated rings. The molecule has 2 heterocycles. The summed E-state index contributed by atoms with van der Waals surface area (Å²) in [5.41, 5.74) is 0.708. The zero-order valence-corrected chi connectivity index (χ0v) is 12.8. The number of carboxylic acid groups (broad SMARTS) is 1. The molecule has 0 bridgehead atoms. The largest absolute Gasteiger partial charge is 0.480 e. The van der Waals surface area contributed by atoms with Crippen LogP contribution in [0.25, 0.3) is 0 Å². The topological polar surface area (TPSA) is 79.6 Å². The van der Waals surface area contributed by atoms with Gasteiger partial charge < -0.3 is 14.6 Å². The fourth-order valence-electron chi connectivity index (χ4n) is 2.86. The number of aliphatic carboxylic acids is 1. The van der Waals surface area contributed by atoms with Crippen molar-refractivity contribution in [3.8, 4) is 0 Å². The molecule has 6 heteroatoms. The number of amides is 1. The van der Waals surface area contributed by atoms with Crippen molar-refractivity contribution in [2.75, 3.05) is 6.54 Å². The van der Waals surface area contributed by atoms with E-state index in [0.29, 0.717) is 37.9 Å². The molecule has 0 aliphatic carbocycles. The first kappa shape index (κ1) is 16.3. The van der Waals surface area contributed by atoms with Crippen molar-refractivity contribution in [2.45, 2.75) is 51.6 Å². The Hall–Kier alpha value is -2.11. The van der Waals surface area contributed by atoms with E-state index in [1.807, 2.05) is 6.07 Å². The number of likely N-dealkylation sites (tertiary alicyclic amines) is 1. The van der Waals surface area contributed by atoms with E-state index in [1.165, 1.54) is 4.90 Å². The molecule has 22 heavy (non-hydrogen) atoms. The molecule has 6 nitrogen and oxygen atoms in total. The first-order valence-electron chi connectivity index (χ1n) is 7.69. The average molecular weight is 306 g/mol. The van der Waals surface area contributed by atoms with E-state index >= 15 is 0 Å². The van der Waals surface area contributed by atoms with Crippen molar-refractivity contribution in [1.29, 1.82) is 0 Å². The normalized spacial score (nSPS) is 17.7. The van der Waals surface area contributed by atoms with Gasteiger partial charge in [0.1, 0.15) is 6.04 Å². The maximum Gasteiger partial charge on any atom is 0.326 e. The van der Waals surface area contributed by atoms with Gasteiger partial charge in [-0.1, -0.05) is 6.07 Å². The summed E-state index contributed by atoms with van der Waals surface area (Å²) in [6.07, 6.45) is 4.76. The second-order valence-corrected chi connectivity index (χ2v) is 5.73. The summed E-state index contributed by atoms with van der Waals surface area (Å²) in [5, 5.41) is 9.08. The van der Waals surface area contributed by atoms with E-state index in [9.17, 15) is 14.4 Å². The van der Waals surface area contributed by atoms with Crippen LogP contribution in [0.3, 0.4) is 0 Å². The SMILES string of the molecule is Cc1cccn(CCCCC(=O)N2CCCC2C(=O)O)c1=O. The number of carboxylic acids is 1. The number of nitrogens with zero attached hydrogens (tertiary/aromatic N) is 2. The van der Waals surface area contributed by atoms with E-state index in [2.05, 4.69) is 0 Å². The minimum absolute atomic E-state index is 0.000638. The van der Waals surface area contributed by atoms with Gasteiger partial charge in [-0.25, -0.2) is 4.79 Å². The van der Waals surface area contributed by atoms with Gasteiger partial charge in [0.2, 0.25) is 5.91 Å². The highest BCUT2D eigenvalue weighted by Gasteiger charge is 2.33. The van der Waals surface area contributed by atoms with E-state index in [-0.39, 0.29) is 11.5 Å². The molecule has 1 atom stereocenters. The number of pyridine rings is 1. The molecule has 120 valence electrons. The van der Waals surface area contributed by atoms with Gasteiger partial charge in [-0.05, 0) is 38.7 Å². The van der Waals surface area contributed by atoms with Crippen LogP contribution in [-0.4, -0.2) is 39.0 Å². The van der Waals surface area contributed by atoms with Gasteiger partial charge in [-0.3, -0.25) is 9.59 Å². The van der Waals surface area contributed by atoms with Gasteiger partial charge in [0.25, 0.3) is 5.56 Å². The first-order valence-corrected chi connectivity index (χ1v) is 7.69. The van der Waals surface area contributed by atoms with Gasteiger partial charge in [0.05, 0.1) is 0 Å². The molecule has 1 N–H and O–H groups in total. The van der Waals surface area contributed by atoms with Gasteiger partial charge in [-0.15, -0.1) is 0 Å². The Morgan fingerprint density at radius 3 is 2.86 bits per heavy atom. The van der Waals surface area contributed by atoms with Crippen LogP contribution in [0.4, 0.5) is 0 Å². The molecule has 1 aromatic rings. The third kappa shape index (κ3) is 3.75. The summed E-state index contributed by atoms with van der Waals surface area (Å²) in [6.45, 7) is 2.89. The molecular weight excluding hydrogens is 284 g/mol. The zero-order chi connectivity index (χ0) is 16.1.